The molecule has 0 radical (unpaired) electrons. The van der Waals surface area contributed by atoms with E-state index in [0.717, 1.165) is 0 Å². The number of fused-ring (bicyclic) bond motifs is 1. The molecule has 2 bridgehead atoms. The number of carbonyl (C=O) groups excluding carboxylic acids is 3. The largest absolute Gasteiger partial charge is 0.459 e. The molecule has 1 aliphatic heterocycles. The van der Waals surface area contributed by atoms with Gasteiger partial charge in [0.05, 0.1) is 40.3 Å². The zero-order chi connectivity index (χ0) is 29.0. The smallest absolute Gasteiger partial charge is 0.340 e. The van der Waals surface area contributed by atoms with Gasteiger partial charge in [-0.1, -0.05) is 32.0 Å². The SMILES string of the molecule is CC(=O)O[C@@H]1[C@H]2[C@@H](OC(=O)c3cccnc3)[C@@H](OC(=O)c3ccccc3)[C@]3(C)[C@@H](O)[C@@H](O)C[C@@H](C)[C@@]13OC2(C)C. The molecule has 10 nitrogen and oxygen atoms in total. The average Bonchev–Trinajstić information content (AvgIpc) is 3.12. The van der Waals surface area contributed by atoms with Crippen LogP contribution in [0.25, 0.3) is 0 Å². The van der Waals surface area contributed by atoms with Gasteiger partial charge in [0, 0.05) is 19.3 Å². The Morgan fingerprint density at radius 3 is 2.20 bits per heavy atom. The van der Waals surface area contributed by atoms with Crippen molar-refractivity contribution >= 4 is 17.9 Å². The summed E-state index contributed by atoms with van der Waals surface area (Å²) in [7, 11) is 0. The molecule has 5 rings (SSSR count). The summed E-state index contributed by atoms with van der Waals surface area (Å²) in [6.45, 7) is 8.34. The Morgan fingerprint density at radius 2 is 1.57 bits per heavy atom. The number of benzene rings is 1. The normalized spacial score (nSPS) is 37.6. The van der Waals surface area contributed by atoms with E-state index in [2.05, 4.69) is 4.98 Å². The van der Waals surface area contributed by atoms with E-state index in [1.54, 1.807) is 57.2 Å². The maximum absolute atomic E-state index is 13.5. The Morgan fingerprint density at radius 1 is 0.925 bits per heavy atom. The van der Waals surface area contributed by atoms with Crippen LogP contribution in [0.1, 0.15) is 61.8 Å². The van der Waals surface area contributed by atoms with Crippen molar-refractivity contribution in [2.24, 2.45) is 17.3 Å². The zero-order valence-electron chi connectivity index (χ0n) is 23.1. The van der Waals surface area contributed by atoms with Crippen molar-refractivity contribution in [2.45, 2.75) is 82.8 Å². The van der Waals surface area contributed by atoms with Gasteiger partial charge in [-0.15, -0.1) is 0 Å². The van der Waals surface area contributed by atoms with Crippen molar-refractivity contribution in [2.75, 3.05) is 0 Å². The lowest BCUT2D eigenvalue weighted by molar-refractivity contribution is -0.311. The standard InChI is InChI=1S/C30H35NO9/c1-16-14-20(33)23(34)29(5)25(39-26(35)18-10-7-6-8-11-18)22(38-27(36)19-12-9-13-31-15-19)21-24(37-17(2)32)30(16,29)40-28(21,3)4/h6-13,15-16,20-25,33-34H,14H2,1-5H3/t16-,20+,21-,22-,23+,24-,25-,29+,30-/m1/s1. The van der Waals surface area contributed by atoms with E-state index < -0.39 is 76.9 Å². The third kappa shape index (κ3) is 4.12. The summed E-state index contributed by atoms with van der Waals surface area (Å²) in [6.07, 6.45) is -3.17. The Bertz CT molecular complexity index is 1280. The predicted molar refractivity (Wildman–Crippen MR) is 140 cm³/mol. The van der Waals surface area contributed by atoms with Crippen LogP contribution in [-0.4, -0.2) is 74.8 Å². The average molecular weight is 554 g/mol. The molecule has 2 N–H and O–H groups in total. The van der Waals surface area contributed by atoms with Crippen LogP contribution in [0.5, 0.6) is 0 Å². The number of hydrogen-bond donors (Lipinski definition) is 2. The molecule has 3 aliphatic rings. The summed E-state index contributed by atoms with van der Waals surface area (Å²) in [6, 6.07) is 11.4. The Labute approximate surface area is 232 Å². The monoisotopic (exact) mass is 553 g/mol. The number of hydrogen-bond acceptors (Lipinski definition) is 10. The topological polar surface area (TPSA) is 141 Å². The van der Waals surface area contributed by atoms with E-state index in [1.807, 2.05) is 6.92 Å². The van der Waals surface area contributed by atoms with E-state index in [1.165, 1.54) is 25.4 Å². The van der Waals surface area contributed by atoms with Crippen molar-refractivity contribution in [3.05, 3.63) is 66.0 Å². The van der Waals surface area contributed by atoms with Crippen LogP contribution < -0.4 is 0 Å². The second kappa shape index (κ2) is 9.94. The van der Waals surface area contributed by atoms with Crippen LogP contribution in [-0.2, 0) is 23.7 Å². The first-order chi connectivity index (χ1) is 18.8. The minimum atomic E-state index is -1.57. The fraction of sp³-hybridized carbons (Fsp3) is 0.533. The van der Waals surface area contributed by atoms with Gasteiger partial charge in [0.1, 0.15) is 17.8 Å². The number of pyridine rings is 1. The highest BCUT2D eigenvalue weighted by atomic mass is 16.6. The molecular weight excluding hydrogens is 518 g/mol. The number of aliphatic hydroxyl groups excluding tert-OH is 2. The molecule has 9 atom stereocenters. The van der Waals surface area contributed by atoms with Crippen LogP contribution in [0.15, 0.2) is 54.9 Å². The van der Waals surface area contributed by atoms with Gasteiger partial charge in [0.15, 0.2) is 6.10 Å². The van der Waals surface area contributed by atoms with E-state index >= 15 is 0 Å². The fourth-order valence-corrected chi connectivity index (χ4v) is 7.40. The predicted octanol–water partition coefficient (Wildman–Crippen LogP) is 2.71. The summed E-state index contributed by atoms with van der Waals surface area (Å²) >= 11 is 0. The third-order valence-electron chi connectivity index (χ3n) is 9.05. The van der Waals surface area contributed by atoms with Gasteiger partial charge in [-0.3, -0.25) is 9.78 Å². The number of aromatic nitrogens is 1. The summed E-state index contributed by atoms with van der Waals surface area (Å²) in [5.41, 5.74) is -3.60. The molecule has 2 aliphatic carbocycles. The lowest BCUT2D eigenvalue weighted by Crippen LogP contribution is -2.78. The first-order valence-corrected chi connectivity index (χ1v) is 13.4. The minimum Gasteiger partial charge on any atom is -0.459 e. The molecule has 214 valence electrons. The number of carbonyl (C=O) groups is 3. The van der Waals surface area contributed by atoms with Crippen molar-refractivity contribution in [1.29, 1.82) is 0 Å². The number of nitrogens with zero attached hydrogens (tertiary/aromatic N) is 1. The summed E-state index contributed by atoms with van der Waals surface area (Å²) in [4.78, 5) is 43.4. The minimum absolute atomic E-state index is 0.150. The zero-order valence-corrected chi connectivity index (χ0v) is 23.1. The molecule has 40 heavy (non-hydrogen) atoms. The second-order valence-electron chi connectivity index (χ2n) is 11.8. The van der Waals surface area contributed by atoms with Crippen molar-refractivity contribution < 1.29 is 43.5 Å². The molecule has 1 saturated heterocycles. The van der Waals surface area contributed by atoms with Crippen molar-refractivity contribution in [3.8, 4) is 0 Å². The Kier molecular flexibility index (Phi) is 7.00. The van der Waals surface area contributed by atoms with Crippen molar-refractivity contribution in [1.82, 2.24) is 4.98 Å². The van der Waals surface area contributed by atoms with Crippen LogP contribution in [0.4, 0.5) is 0 Å². The van der Waals surface area contributed by atoms with Crippen LogP contribution in [0, 0.1) is 17.3 Å². The van der Waals surface area contributed by atoms with E-state index in [-0.39, 0.29) is 17.5 Å². The first kappa shape index (κ1) is 28.2. The highest BCUT2D eigenvalue weighted by molar-refractivity contribution is 5.90. The maximum Gasteiger partial charge on any atom is 0.340 e. The second-order valence-corrected chi connectivity index (χ2v) is 11.8. The molecule has 1 spiro atoms. The highest BCUT2D eigenvalue weighted by Crippen LogP contribution is 2.67. The molecule has 10 heteroatoms. The number of esters is 3. The summed E-state index contributed by atoms with van der Waals surface area (Å²) < 4.78 is 25.0. The van der Waals surface area contributed by atoms with E-state index in [9.17, 15) is 24.6 Å². The van der Waals surface area contributed by atoms with Gasteiger partial charge in [0.25, 0.3) is 0 Å². The molecule has 3 fully saturated rings. The quantitative estimate of drug-likeness (QED) is 0.419. The first-order valence-electron chi connectivity index (χ1n) is 13.4. The van der Waals surface area contributed by atoms with Crippen LogP contribution in [0.3, 0.4) is 0 Å². The molecule has 1 aromatic carbocycles. The Balaban J connectivity index is 1.71. The van der Waals surface area contributed by atoms with Gasteiger partial charge < -0.3 is 29.2 Å². The van der Waals surface area contributed by atoms with E-state index in [4.69, 9.17) is 18.9 Å². The fourth-order valence-electron chi connectivity index (χ4n) is 7.40. The van der Waals surface area contributed by atoms with Crippen molar-refractivity contribution in [3.63, 3.8) is 0 Å². The molecular formula is C30H35NO9. The lowest BCUT2D eigenvalue weighted by Gasteiger charge is -2.63. The Hall–Kier alpha value is -3.34. The van der Waals surface area contributed by atoms with Gasteiger partial charge in [0.2, 0.25) is 0 Å². The number of aliphatic hydroxyl groups is 2. The maximum atomic E-state index is 13.5. The van der Waals surface area contributed by atoms with Gasteiger partial charge in [-0.2, -0.15) is 0 Å². The number of rotatable bonds is 5. The van der Waals surface area contributed by atoms with E-state index in [0.29, 0.717) is 0 Å². The highest BCUT2D eigenvalue weighted by Gasteiger charge is 2.82. The molecule has 1 aromatic heterocycles. The lowest BCUT2D eigenvalue weighted by atomic mass is 9.47. The molecule has 2 aromatic rings. The van der Waals surface area contributed by atoms with Gasteiger partial charge in [-0.25, -0.2) is 9.59 Å². The molecule has 0 unspecified atom stereocenters. The van der Waals surface area contributed by atoms with Gasteiger partial charge in [-0.05, 0) is 50.5 Å². The third-order valence-corrected chi connectivity index (χ3v) is 9.05. The van der Waals surface area contributed by atoms with Gasteiger partial charge >= 0.3 is 17.9 Å². The molecule has 0 amide bonds. The summed E-state index contributed by atoms with van der Waals surface area (Å²) in [5, 5.41) is 22.7. The van der Waals surface area contributed by atoms with Crippen LogP contribution in [0.2, 0.25) is 0 Å². The molecule has 2 heterocycles. The summed E-state index contributed by atoms with van der Waals surface area (Å²) in [5.74, 6) is -3.26. The van der Waals surface area contributed by atoms with Crippen LogP contribution >= 0.6 is 0 Å². The molecule has 2 saturated carbocycles. The number of ether oxygens (including phenoxy) is 4.